The summed E-state index contributed by atoms with van der Waals surface area (Å²) < 4.78 is 7.45. The lowest BCUT2D eigenvalue weighted by atomic mass is 10.1. The Bertz CT molecular complexity index is 633. The largest absolute Gasteiger partial charge is 0.491 e. The van der Waals surface area contributed by atoms with Crippen LogP contribution >= 0.6 is 0 Å². The minimum absolute atomic E-state index is 0.156. The van der Waals surface area contributed by atoms with Gasteiger partial charge in [0, 0.05) is 5.56 Å². The van der Waals surface area contributed by atoms with Gasteiger partial charge in [0.2, 0.25) is 0 Å². The lowest BCUT2D eigenvalue weighted by Crippen LogP contribution is -2.05. The van der Waals surface area contributed by atoms with Crippen LogP contribution in [0.2, 0.25) is 0 Å². The maximum atomic E-state index is 6.11. The number of imidazole rings is 1. The van der Waals surface area contributed by atoms with E-state index in [0.29, 0.717) is 12.4 Å². The summed E-state index contributed by atoms with van der Waals surface area (Å²) in [6.45, 7) is 6.32. The fraction of sp³-hybridized carbons (Fsp3) is 0.312. The number of anilines is 1. The van der Waals surface area contributed by atoms with E-state index in [2.05, 4.69) is 10.9 Å². The minimum atomic E-state index is 0.156. The third kappa shape index (κ3) is 2.77. The standard InChI is InChI=1S/C16H19N3O/c1-5-10-19-12(4)18-15(16(19)17)13-6-8-14(9-7-13)20-11(2)3/h1,6-9,11H,10,17H2,2-4H3. The molecule has 4 nitrogen and oxygen atoms in total. The van der Waals surface area contributed by atoms with Crippen LogP contribution in [0.5, 0.6) is 5.75 Å². The van der Waals surface area contributed by atoms with Crippen LogP contribution in [0.4, 0.5) is 5.82 Å². The second-order valence-corrected chi connectivity index (χ2v) is 4.87. The van der Waals surface area contributed by atoms with Gasteiger partial charge in [-0.15, -0.1) is 6.42 Å². The van der Waals surface area contributed by atoms with Gasteiger partial charge in [0.15, 0.2) is 0 Å². The first-order valence-corrected chi connectivity index (χ1v) is 6.56. The van der Waals surface area contributed by atoms with Crippen LogP contribution in [0.1, 0.15) is 19.7 Å². The maximum absolute atomic E-state index is 6.11. The van der Waals surface area contributed by atoms with E-state index in [1.807, 2.05) is 49.6 Å². The van der Waals surface area contributed by atoms with E-state index < -0.39 is 0 Å². The molecule has 0 unspecified atom stereocenters. The average molecular weight is 269 g/mol. The van der Waals surface area contributed by atoms with Crippen molar-refractivity contribution in [1.82, 2.24) is 9.55 Å². The molecule has 0 atom stereocenters. The molecule has 104 valence electrons. The summed E-state index contributed by atoms with van der Waals surface area (Å²) in [6, 6.07) is 7.75. The molecule has 0 aliphatic carbocycles. The Labute approximate surface area is 119 Å². The number of nitrogen functional groups attached to an aromatic ring is 1. The second-order valence-electron chi connectivity index (χ2n) is 4.87. The Morgan fingerprint density at radius 1 is 1.35 bits per heavy atom. The molecule has 2 aromatic rings. The van der Waals surface area contributed by atoms with Gasteiger partial charge in [-0.05, 0) is 45.0 Å². The highest BCUT2D eigenvalue weighted by atomic mass is 16.5. The first-order chi connectivity index (χ1) is 9.52. The van der Waals surface area contributed by atoms with E-state index in [9.17, 15) is 0 Å². The summed E-state index contributed by atoms with van der Waals surface area (Å²) >= 11 is 0. The number of nitrogens with zero attached hydrogens (tertiary/aromatic N) is 2. The summed E-state index contributed by atoms with van der Waals surface area (Å²) in [4.78, 5) is 4.49. The number of rotatable bonds is 4. The Hall–Kier alpha value is -2.41. The topological polar surface area (TPSA) is 53.1 Å². The van der Waals surface area contributed by atoms with Gasteiger partial charge in [0.05, 0.1) is 12.6 Å². The van der Waals surface area contributed by atoms with Gasteiger partial charge >= 0.3 is 0 Å². The van der Waals surface area contributed by atoms with Crippen LogP contribution in [0, 0.1) is 19.3 Å². The van der Waals surface area contributed by atoms with Crippen LogP contribution in [0.15, 0.2) is 24.3 Å². The Morgan fingerprint density at radius 3 is 2.55 bits per heavy atom. The smallest absolute Gasteiger partial charge is 0.132 e. The van der Waals surface area contributed by atoms with Crippen LogP contribution < -0.4 is 10.5 Å². The number of ether oxygens (including phenoxy) is 1. The van der Waals surface area contributed by atoms with E-state index in [4.69, 9.17) is 16.9 Å². The fourth-order valence-corrected chi connectivity index (χ4v) is 2.05. The number of nitrogens with two attached hydrogens (primary N) is 1. The Kier molecular flexibility index (Phi) is 3.99. The van der Waals surface area contributed by atoms with Gasteiger partial charge in [-0.3, -0.25) is 0 Å². The molecular weight excluding hydrogens is 250 g/mol. The summed E-state index contributed by atoms with van der Waals surface area (Å²) in [5, 5.41) is 0. The number of benzene rings is 1. The molecule has 0 spiro atoms. The van der Waals surface area contributed by atoms with Crippen molar-refractivity contribution in [3.8, 4) is 29.4 Å². The van der Waals surface area contributed by atoms with Gasteiger partial charge in [-0.25, -0.2) is 4.98 Å². The predicted molar refractivity (Wildman–Crippen MR) is 81.4 cm³/mol. The Balaban J connectivity index is 2.33. The first-order valence-electron chi connectivity index (χ1n) is 6.56. The van der Waals surface area contributed by atoms with E-state index in [0.717, 1.165) is 22.8 Å². The summed E-state index contributed by atoms with van der Waals surface area (Å²) in [5.41, 5.74) is 7.83. The van der Waals surface area contributed by atoms with Crippen molar-refractivity contribution in [3.05, 3.63) is 30.1 Å². The van der Waals surface area contributed by atoms with Crippen molar-refractivity contribution < 1.29 is 4.74 Å². The van der Waals surface area contributed by atoms with Crippen molar-refractivity contribution in [2.75, 3.05) is 5.73 Å². The van der Waals surface area contributed by atoms with E-state index in [1.165, 1.54) is 0 Å². The van der Waals surface area contributed by atoms with Gasteiger partial charge in [-0.2, -0.15) is 0 Å². The van der Waals surface area contributed by atoms with Crippen LogP contribution in [-0.4, -0.2) is 15.7 Å². The van der Waals surface area contributed by atoms with Crippen LogP contribution in [0.25, 0.3) is 11.3 Å². The zero-order valence-electron chi connectivity index (χ0n) is 12.1. The number of hydrogen-bond donors (Lipinski definition) is 1. The number of aromatic nitrogens is 2. The summed E-state index contributed by atoms with van der Waals surface area (Å²) in [5.74, 6) is 4.83. The van der Waals surface area contributed by atoms with Crippen molar-refractivity contribution in [2.24, 2.45) is 0 Å². The van der Waals surface area contributed by atoms with Crippen molar-refractivity contribution in [2.45, 2.75) is 33.4 Å². The first kappa shape index (κ1) is 14.0. The molecule has 0 amide bonds. The molecule has 0 saturated heterocycles. The monoisotopic (exact) mass is 269 g/mol. The highest BCUT2D eigenvalue weighted by Crippen LogP contribution is 2.27. The molecular formula is C16H19N3O. The molecule has 0 aliphatic heterocycles. The van der Waals surface area contributed by atoms with Gasteiger partial charge in [0.1, 0.15) is 23.1 Å². The zero-order valence-corrected chi connectivity index (χ0v) is 12.1. The quantitative estimate of drug-likeness (QED) is 0.868. The molecule has 1 aromatic heterocycles. The molecule has 2 N–H and O–H groups in total. The highest BCUT2D eigenvalue weighted by Gasteiger charge is 2.13. The van der Waals surface area contributed by atoms with E-state index >= 15 is 0 Å². The average Bonchev–Trinajstić information content (AvgIpc) is 2.67. The molecule has 2 rings (SSSR count). The molecule has 4 heteroatoms. The predicted octanol–water partition coefficient (Wildman–Crippen LogP) is 2.86. The van der Waals surface area contributed by atoms with Gasteiger partial charge < -0.3 is 15.0 Å². The summed E-state index contributed by atoms with van der Waals surface area (Å²) in [7, 11) is 0. The van der Waals surface area contributed by atoms with Gasteiger partial charge in [-0.1, -0.05) is 5.92 Å². The second kappa shape index (κ2) is 5.70. The third-order valence-electron chi connectivity index (χ3n) is 2.95. The number of aryl methyl sites for hydroxylation is 1. The molecule has 0 aliphatic rings. The molecule has 0 radical (unpaired) electrons. The van der Waals surface area contributed by atoms with Crippen LogP contribution in [0.3, 0.4) is 0 Å². The van der Waals surface area contributed by atoms with Gasteiger partial charge in [0.25, 0.3) is 0 Å². The maximum Gasteiger partial charge on any atom is 0.132 e. The fourth-order valence-electron chi connectivity index (χ4n) is 2.05. The van der Waals surface area contributed by atoms with Crippen LogP contribution in [-0.2, 0) is 6.54 Å². The lowest BCUT2D eigenvalue weighted by Gasteiger charge is -2.09. The normalized spacial score (nSPS) is 10.6. The molecule has 0 bridgehead atoms. The molecule has 20 heavy (non-hydrogen) atoms. The van der Waals surface area contributed by atoms with Crippen molar-refractivity contribution in [1.29, 1.82) is 0 Å². The molecule has 0 saturated carbocycles. The highest BCUT2D eigenvalue weighted by molar-refractivity contribution is 5.71. The number of terminal acetylenes is 1. The minimum Gasteiger partial charge on any atom is -0.491 e. The summed E-state index contributed by atoms with van der Waals surface area (Å²) in [6.07, 6.45) is 5.50. The Morgan fingerprint density at radius 2 is 2.00 bits per heavy atom. The molecule has 0 fully saturated rings. The van der Waals surface area contributed by atoms with E-state index in [1.54, 1.807) is 0 Å². The number of hydrogen-bond acceptors (Lipinski definition) is 3. The SMILES string of the molecule is C#CCn1c(C)nc(-c2ccc(OC(C)C)cc2)c1N. The lowest BCUT2D eigenvalue weighted by molar-refractivity contribution is 0.242. The molecule has 1 aromatic carbocycles. The zero-order chi connectivity index (χ0) is 14.7. The van der Waals surface area contributed by atoms with E-state index in [-0.39, 0.29) is 6.10 Å². The van der Waals surface area contributed by atoms with Crippen molar-refractivity contribution >= 4 is 5.82 Å². The molecule has 1 heterocycles. The third-order valence-corrected chi connectivity index (χ3v) is 2.95. The van der Waals surface area contributed by atoms with Crippen molar-refractivity contribution in [3.63, 3.8) is 0 Å².